The zero-order valence-corrected chi connectivity index (χ0v) is 20.4. The van der Waals surface area contributed by atoms with Crippen LogP contribution in [0.5, 0.6) is 0 Å². The van der Waals surface area contributed by atoms with Crippen LogP contribution in [-0.4, -0.2) is 38.9 Å². The van der Waals surface area contributed by atoms with Crippen LogP contribution in [-0.2, 0) is 14.3 Å². The second kappa shape index (κ2) is 10.2. The number of carbonyl (C=O) groups is 2. The molecule has 3 heterocycles. The van der Waals surface area contributed by atoms with E-state index in [1.165, 1.54) is 28.0 Å². The Hall–Kier alpha value is -2.85. The zero-order valence-electron chi connectivity index (χ0n) is 17.9. The lowest BCUT2D eigenvalue weighted by Gasteiger charge is -2.48. The Morgan fingerprint density at radius 1 is 1.15 bits per heavy atom. The molecule has 1 amide bonds. The van der Waals surface area contributed by atoms with E-state index in [1.807, 2.05) is 72.1 Å². The first-order chi connectivity index (χ1) is 16.6. The summed E-state index contributed by atoms with van der Waals surface area (Å²) in [4.78, 5) is 33.6. The SMILES string of the molecule is N[C@@H]1C(=O)N2C(C(=O)OC(c3ccccc3)c3ccccc3)=C(S/C=C\c3cncs3)CS[C@H]12. The van der Waals surface area contributed by atoms with Gasteiger partial charge in [-0.3, -0.25) is 14.7 Å². The quantitative estimate of drug-likeness (QED) is 0.368. The molecule has 172 valence electrons. The summed E-state index contributed by atoms with van der Waals surface area (Å²) in [5.41, 5.74) is 9.78. The van der Waals surface area contributed by atoms with E-state index in [9.17, 15) is 9.59 Å². The van der Waals surface area contributed by atoms with Crippen molar-refractivity contribution in [2.24, 2.45) is 5.73 Å². The van der Waals surface area contributed by atoms with Gasteiger partial charge in [-0.2, -0.15) is 0 Å². The predicted octanol–water partition coefficient (Wildman–Crippen LogP) is 4.63. The molecule has 1 fully saturated rings. The first-order valence-corrected chi connectivity index (χ1v) is 13.4. The number of thiazole rings is 1. The molecule has 0 unspecified atom stereocenters. The summed E-state index contributed by atoms with van der Waals surface area (Å²) in [6.07, 6.45) is 3.12. The lowest BCUT2D eigenvalue weighted by molar-refractivity contribution is -0.152. The highest BCUT2D eigenvalue weighted by Crippen LogP contribution is 2.44. The van der Waals surface area contributed by atoms with Crippen molar-refractivity contribution in [3.8, 4) is 0 Å². The maximum atomic E-state index is 13.6. The molecule has 2 atom stereocenters. The number of nitrogens with two attached hydrogens (primary N) is 1. The van der Waals surface area contributed by atoms with Gasteiger partial charge in [0.15, 0.2) is 6.10 Å². The second-order valence-electron chi connectivity index (χ2n) is 7.64. The average molecular weight is 508 g/mol. The van der Waals surface area contributed by atoms with Crippen LogP contribution in [0.3, 0.4) is 0 Å². The van der Waals surface area contributed by atoms with E-state index in [0.29, 0.717) is 5.75 Å². The van der Waals surface area contributed by atoms with Gasteiger partial charge < -0.3 is 10.5 Å². The fraction of sp³-hybridized carbons (Fsp3) is 0.160. The number of nitrogens with zero attached hydrogens (tertiary/aromatic N) is 2. The summed E-state index contributed by atoms with van der Waals surface area (Å²) in [6.45, 7) is 0. The highest BCUT2D eigenvalue weighted by molar-refractivity contribution is 8.08. The van der Waals surface area contributed by atoms with Crippen molar-refractivity contribution in [3.05, 3.63) is 104 Å². The van der Waals surface area contributed by atoms with Crippen molar-refractivity contribution < 1.29 is 14.3 Å². The van der Waals surface area contributed by atoms with Gasteiger partial charge in [0.25, 0.3) is 0 Å². The van der Waals surface area contributed by atoms with E-state index in [4.69, 9.17) is 10.5 Å². The van der Waals surface area contributed by atoms with Crippen molar-refractivity contribution in [1.29, 1.82) is 0 Å². The predicted molar refractivity (Wildman–Crippen MR) is 138 cm³/mol. The molecular weight excluding hydrogens is 486 g/mol. The lowest BCUT2D eigenvalue weighted by Crippen LogP contribution is -2.68. The standard InChI is InChI=1S/C25H21N3O3S3/c26-20-23(29)28-21(19(14-33-24(20)28)32-12-11-18-13-27-15-34-18)25(30)31-22(16-7-3-1-4-8-16)17-9-5-2-6-10-17/h1-13,15,20,22,24H,14,26H2/b12-11-/t20-,24-/m1/s1. The Morgan fingerprint density at radius 3 is 2.44 bits per heavy atom. The minimum atomic E-state index is -0.605. The van der Waals surface area contributed by atoms with E-state index in [2.05, 4.69) is 4.98 Å². The third kappa shape index (κ3) is 4.56. The van der Waals surface area contributed by atoms with Crippen LogP contribution < -0.4 is 5.73 Å². The summed E-state index contributed by atoms with van der Waals surface area (Å²) >= 11 is 4.51. The fourth-order valence-electron chi connectivity index (χ4n) is 3.81. The molecule has 2 aliphatic heterocycles. The van der Waals surface area contributed by atoms with E-state index in [1.54, 1.807) is 23.5 Å². The molecule has 9 heteroatoms. The average Bonchev–Trinajstić information content (AvgIpc) is 3.41. The molecule has 3 aromatic rings. The summed E-state index contributed by atoms with van der Waals surface area (Å²) in [7, 11) is 0. The van der Waals surface area contributed by atoms with E-state index >= 15 is 0 Å². The number of aromatic nitrogens is 1. The Bertz CT molecular complexity index is 1190. The third-order valence-corrected chi connectivity index (χ3v) is 8.61. The van der Waals surface area contributed by atoms with Gasteiger partial charge in [0, 0.05) is 21.7 Å². The Morgan fingerprint density at radius 2 is 1.82 bits per heavy atom. The number of hydrogen-bond donors (Lipinski definition) is 1. The van der Waals surface area contributed by atoms with Crippen LogP contribution in [0.4, 0.5) is 0 Å². The van der Waals surface area contributed by atoms with Crippen LogP contribution in [0.1, 0.15) is 22.1 Å². The van der Waals surface area contributed by atoms with Gasteiger partial charge in [0.1, 0.15) is 17.1 Å². The number of fused-ring (bicyclic) bond motifs is 1. The van der Waals surface area contributed by atoms with E-state index in [0.717, 1.165) is 20.9 Å². The molecule has 2 aromatic carbocycles. The number of amides is 1. The minimum absolute atomic E-state index is 0.253. The van der Waals surface area contributed by atoms with Gasteiger partial charge >= 0.3 is 5.97 Å². The van der Waals surface area contributed by atoms with Crippen molar-refractivity contribution in [2.45, 2.75) is 17.5 Å². The molecule has 1 saturated heterocycles. The normalized spacial score (nSPS) is 19.9. The molecule has 0 radical (unpaired) electrons. The molecule has 0 aliphatic carbocycles. The zero-order chi connectivity index (χ0) is 23.5. The maximum absolute atomic E-state index is 13.6. The van der Waals surface area contributed by atoms with Crippen LogP contribution >= 0.6 is 34.9 Å². The first-order valence-electron chi connectivity index (χ1n) is 10.6. The Balaban J connectivity index is 1.47. The van der Waals surface area contributed by atoms with Crippen LogP contribution in [0, 0.1) is 0 Å². The number of esters is 1. The van der Waals surface area contributed by atoms with Crippen molar-refractivity contribution in [1.82, 2.24) is 9.88 Å². The monoisotopic (exact) mass is 507 g/mol. The maximum Gasteiger partial charge on any atom is 0.356 e. The second-order valence-corrected chi connectivity index (χ2v) is 10.7. The van der Waals surface area contributed by atoms with Crippen molar-refractivity contribution in [3.63, 3.8) is 0 Å². The molecule has 2 aliphatic rings. The summed E-state index contributed by atoms with van der Waals surface area (Å²) in [5, 5.41) is 1.66. The number of thioether (sulfide) groups is 2. The van der Waals surface area contributed by atoms with Crippen molar-refractivity contribution >= 4 is 52.8 Å². The molecule has 2 N–H and O–H groups in total. The molecule has 0 saturated carbocycles. The molecule has 34 heavy (non-hydrogen) atoms. The summed E-state index contributed by atoms with van der Waals surface area (Å²) < 4.78 is 6.09. The van der Waals surface area contributed by atoms with Crippen LogP contribution in [0.25, 0.3) is 6.08 Å². The highest BCUT2D eigenvalue weighted by Gasteiger charge is 2.52. The molecular formula is C25H21N3O3S3. The van der Waals surface area contributed by atoms with E-state index < -0.39 is 18.1 Å². The fourth-order valence-corrected chi connectivity index (χ4v) is 6.69. The third-order valence-electron chi connectivity index (χ3n) is 5.49. The first kappa shape index (κ1) is 22.9. The smallest absolute Gasteiger partial charge is 0.356 e. The number of carbonyl (C=O) groups excluding carboxylic acids is 2. The number of ether oxygens (including phenoxy) is 1. The van der Waals surface area contributed by atoms with Crippen molar-refractivity contribution in [2.75, 3.05) is 5.75 Å². The topological polar surface area (TPSA) is 85.5 Å². The van der Waals surface area contributed by atoms with Gasteiger partial charge in [-0.05, 0) is 22.6 Å². The molecule has 0 bridgehead atoms. The summed E-state index contributed by atoms with van der Waals surface area (Å²) in [6, 6.07) is 18.6. The number of β-lactam (4-membered cyclic amide) rings is 1. The summed E-state index contributed by atoms with van der Waals surface area (Å²) in [5.74, 6) is -0.215. The molecule has 0 spiro atoms. The Kier molecular flexibility index (Phi) is 6.87. The molecule has 5 rings (SSSR count). The van der Waals surface area contributed by atoms with Crippen LogP contribution in [0.15, 0.2) is 88.4 Å². The van der Waals surface area contributed by atoms with Gasteiger partial charge in [0.05, 0.1) is 5.51 Å². The van der Waals surface area contributed by atoms with E-state index in [-0.39, 0.29) is 17.0 Å². The minimum Gasteiger partial charge on any atom is -0.448 e. The lowest BCUT2D eigenvalue weighted by atomic mass is 10.0. The Labute approximate surface area is 209 Å². The van der Waals surface area contributed by atoms with Crippen LogP contribution in [0.2, 0.25) is 0 Å². The number of hydrogen-bond acceptors (Lipinski definition) is 8. The molecule has 1 aromatic heterocycles. The van der Waals surface area contributed by atoms with Gasteiger partial charge in [-0.15, -0.1) is 23.1 Å². The molecule has 6 nitrogen and oxygen atoms in total. The van der Waals surface area contributed by atoms with Gasteiger partial charge in [-0.1, -0.05) is 72.4 Å². The number of benzene rings is 2. The van der Waals surface area contributed by atoms with Gasteiger partial charge in [0.2, 0.25) is 5.91 Å². The highest BCUT2D eigenvalue weighted by atomic mass is 32.2. The largest absolute Gasteiger partial charge is 0.448 e. The number of rotatable bonds is 7. The van der Waals surface area contributed by atoms with Gasteiger partial charge in [-0.25, -0.2) is 4.79 Å².